The molecule has 4 rings (SSSR count). The van der Waals surface area contributed by atoms with E-state index in [9.17, 15) is 28.8 Å². The zero-order valence-corrected chi connectivity index (χ0v) is 18.8. The molecule has 0 fully saturated rings. The molecule has 0 bridgehead atoms. The lowest BCUT2D eigenvalue weighted by atomic mass is 10.1. The summed E-state index contributed by atoms with van der Waals surface area (Å²) in [6.07, 6.45) is 0. The van der Waals surface area contributed by atoms with Crippen molar-refractivity contribution in [2.45, 2.75) is 6.54 Å². The molecule has 0 radical (unpaired) electrons. The minimum Gasteiger partial charge on any atom is -0.454 e. The minimum absolute atomic E-state index is 0.0443. The Morgan fingerprint density at radius 1 is 0.886 bits per heavy atom. The summed E-state index contributed by atoms with van der Waals surface area (Å²) in [5.41, 5.74) is 4.56. The van der Waals surface area contributed by atoms with Crippen molar-refractivity contribution in [1.82, 2.24) is 14.0 Å². The number of nitrogen functional groups attached to an aromatic ring is 1. The van der Waals surface area contributed by atoms with Gasteiger partial charge in [0.15, 0.2) is 6.61 Å². The summed E-state index contributed by atoms with van der Waals surface area (Å²) in [6, 6.07) is 12.9. The highest BCUT2D eigenvalue weighted by atomic mass is 16.5. The molecule has 2 aromatic carbocycles. The third kappa shape index (κ3) is 4.03. The summed E-state index contributed by atoms with van der Waals surface area (Å²) < 4.78 is 6.67. The Morgan fingerprint density at radius 2 is 1.54 bits per heavy atom. The number of benzene rings is 2. The maximum atomic E-state index is 12.8. The van der Waals surface area contributed by atoms with Crippen LogP contribution in [0.1, 0.15) is 47.0 Å². The Hall–Kier alpha value is -4.80. The molecule has 0 unspecified atom stereocenters. The van der Waals surface area contributed by atoms with Crippen LogP contribution in [0.25, 0.3) is 0 Å². The second-order valence-corrected chi connectivity index (χ2v) is 7.91. The third-order valence-corrected chi connectivity index (χ3v) is 5.71. The average Bonchev–Trinajstić information content (AvgIpc) is 3.09. The maximum absolute atomic E-state index is 12.8. The van der Waals surface area contributed by atoms with Gasteiger partial charge in [-0.1, -0.05) is 30.3 Å². The molecule has 11 nitrogen and oxygen atoms in total. The molecule has 1 aliphatic rings. The van der Waals surface area contributed by atoms with E-state index in [0.29, 0.717) is 0 Å². The molecule has 11 heteroatoms. The zero-order valence-electron chi connectivity index (χ0n) is 18.8. The van der Waals surface area contributed by atoms with E-state index in [0.717, 1.165) is 19.6 Å². The number of hydrogen-bond donors (Lipinski definition) is 1. The molecule has 2 amide bonds. The van der Waals surface area contributed by atoms with Crippen LogP contribution in [0, 0.1) is 0 Å². The van der Waals surface area contributed by atoms with Gasteiger partial charge in [-0.15, -0.1) is 0 Å². The van der Waals surface area contributed by atoms with Crippen molar-refractivity contribution in [3.63, 3.8) is 0 Å². The molecule has 2 N–H and O–H groups in total. The standard InChI is InChI=1S/C24H20N4O7/c1-26-19(25)18(22(32)27(2)24(26)34)17(29)12-35-23(33)14-8-9-15-16(10-14)21(31)28(20(15)30)11-13-6-4-3-5-7-13/h3-10H,11-12,25H2,1-2H3. The Morgan fingerprint density at radius 3 is 2.23 bits per heavy atom. The smallest absolute Gasteiger partial charge is 0.338 e. The zero-order chi connectivity index (χ0) is 25.4. The number of hydrogen-bond acceptors (Lipinski definition) is 8. The van der Waals surface area contributed by atoms with Gasteiger partial charge in [0, 0.05) is 14.1 Å². The van der Waals surface area contributed by atoms with Gasteiger partial charge < -0.3 is 10.5 Å². The Labute approximate surface area is 198 Å². The number of imide groups is 1. The molecule has 3 aromatic rings. The minimum atomic E-state index is -0.942. The molecule has 0 saturated heterocycles. The molecule has 0 atom stereocenters. The lowest BCUT2D eigenvalue weighted by Crippen LogP contribution is -2.42. The van der Waals surface area contributed by atoms with Crippen molar-refractivity contribution in [3.05, 3.63) is 97.2 Å². The van der Waals surface area contributed by atoms with Gasteiger partial charge in [0.05, 0.1) is 23.2 Å². The van der Waals surface area contributed by atoms with Crippen molar-refractivity contribution in [2.24, 2.45) is 14.1 Å². The van der Waals surface area contributed by atoms with Gasteiger partial charge in [-0.2, -0.15) is 0 Å². The lowest BCUT2D eigenvalue weighted by Gasteiger charge is -2.13. The highest BCUT2D eigenvalue weighted by Crippen LogP contribution is 2.26. The van der Waals surface area contributed by atoms with Crippen LogP contribution in [0.15, 0.2) is 58.1 Å². The number of esters is 1. The van der Waals surface area contributed by atoms with Crippen LogP contribution in [0.2, 0.25) is 0 Å². The van der Waals surface area contributed by atoms with Crippen molar-refractivity contribution in [2.75, 3.05) is 12.3 Å². The fourth-order valence-electron chi connectivity index (χ4n) is 3.74. The maximum Gasteiger partial charge on any atom is 0.338 e. The second kappa shape index (κ2) is 8.86. The number of ketones is 1. The van der Waals surface area contributed by atoms with Crippen LogP contribution in [-0.2, 0) is 25.4 Å². The highest BCUT2D eigenvalue weighted by molar-refractivity contribution is 6.21. The van der Waals surface area contributed by atoms with Crippen LogP contribution in [0.3, 0.4) is 0 Å². The summed E-state index contributed by atoms with van der Waals surface area (Å²) in [6.45, 7) is -0.738. The average molecular weight is 476 g/mol. The number of amides is 2. The number of aromatic nitrogens is 2. The molecule has 178 valence electrons. The van der Waals surface area contributed by atoms with Gasteiger partial charge in [-0.05, 0) is 23.8 Å². The summed E-state index contributed by atoms with van der Waals surface area (Å²) in [4.78, 5) is 75.9. The first kappa shape index (κ1) is 23.4. The number of nitrogens with two attached hydrogens (primary N) is 1. The normalized spacial score (nSPS) is 12.6. The summed E-state index contributed by atoms with van der Waals surface area (Å²) in [5.74, 6) is -3.22. The molecule has 35 heavy (non-hydrogen) atoms. The number of carbonyl (C=O) groups is 4. The molecule has 0 saturated carbocycles. The Balaban J connectivity index is 1.51. The topological polar surface area (TPSA) is 151 Å². The molecule has 0 spiro atoms. The third-order valence-electron chi connectivity index (χ3n) is 5.71. The van der Waals surface area contributed by atoms with Crippen molar-refractivity contribution in [3.8, 4) is 0 Å². The van der Waals surface area contributed by atoms with Crippen LogP contribution in [0.5, 0.6) is 0 Å². The van der Waals surface area contributed by atoms with E-state index in [1.807, 2.05) is 6.07 Å². The SMILES string of the molecule is Cn1c(N)c(C(=O)COC(=O)c2ccc3c(c2)C(=O)N(Cc2ccccc2)C3=O)c(=O)n(C)c1=O. The van der Waals surface area contributed by atoms with Gasteiger partial charge in [0.25, 0.3) is 17.4 Å². The molecule has 2 heterocycles. The van der Waals surface area contributed by atoms with Crippen LogP contribution in [-0.4, -0.2) is 44.2 Å². The first-order valence-corrected chi connectivity index (χ1v) is 10.4. The molecule has 0 aliphatic carbocycles. The van der Waals surface area contributed by atoms with Crippen molar-refractivity contribution in [1.29, 1.82) is 0 Å². The van der Waals surface area contributed by atoms with Gasteiger partial charge in [-0.25, -0.2) is 9.59 Å². The molecular formula is C24H20N4O7. The summed E-state index contributed by atoms with van der Waals surface area (Å²) in [5, 5.41) is 0. The highest BCUT2D eigenvalue weighted by Gasteiger charge is 2.36. The number of Topliss-reactive ketones (excluding diaryl/α,β-unsaturated/α-hetero) is 1. The van der Waals surface area contributed by atoms with Gasteiger partial charge in [0.2, 0.25) is 5.78 Å². The summed E-state index contributed by atoms with van der Waals surface area (Å²) >= 11 is 0. The predicted octanol–water partition coefficient (Wildman–Crippen LogP) is 0.502. The van der Waals surface area contributed by atoms with E-state index < -0.39 is 47.0 Å². The number of anilines is 1. The monoisotopic (exact) mass is 476 g/mol. The first-order valence-electron chi connectivity index (χ1n) is 10.4. The van der Waals surface area contributed by atoms with Gasteiger partial charge in [-0.3, -0.25) is 33.2 Å². The number of rotatable bonds is 6. The lowest BCUT2D eigenvalue weighted by molar-refractivity contribution is 0.0474. The van der Waals surface area contributed by atoms with E-state index >= 15 is 0 Å². The Kier molecular flexibility index (Phi) is 5.91. The van der Waals surface area contributed by atoms with Crippen LogP contribution < -0.4 is 17.0 Å². The van der Waals surface area contributed by atoms with E-state index in [2.05, 4.69) is 0 Å². The number of nitrogens with zero attached hydrogens (tertiary/aromatic N) is 3. The van der Waals surface area contributed by atoms with Gasteiger partial charge >= 0.3 is 11.7 Å². The van der Waals surface area contributed by atoms with Gasteiger partial charge in [0.1, 0.15) is 11.4 Å². The quantitative estimate of drug-likeness (QED) is 0.307. The molecule has 1 aromatic heterocycles. The molecule has 1 aliphatic heterocycles. The fourth-order valence-corrected chi connectivity index (χ4v) is 3.74. The second-order valence-electron chi connectivity index (χ2n) is 7.91. The van der Waals surface area contributed by atoms with Crippen molar-refractivity contribution < 1.29 is 23.9 Å². The van der Waals surface area contributed by atoms with E-state index in [4.69, 9.17) is 10.5 Å². The van der Waals surface area contributed by atoms with Crippen LogP contribution >= 0.6 is 0 Å². The largest absolute Gasteiger partial charge is 0.454 e. The van der Waals surface area contributed by atoms with E-state index in [-0.39, 0.29) is 29.1 Å². The predicted molar refractivity (Wildman–Crippen MR) is 123 cm³/mol. The fraction of sp³-hybridized carbons (Fsp3) is 0.167. The first-order chi connectivity index (χ1) is 16.6. The van der Waals surface area contributed by atoms with E-state index in [1.54, 1.807) is 24.3 Å². The van der Waals surface area contributed by atoms with Crippen molar-refractivity contribution >= 4 is 29.4 Å². The summed E-state index contributed by atoms with van der Waals surface area (Å²) in [7, 11) is 2.49. The van der Waals surface area contributed by atoms with E-state index in [1.165, 1.54) is 32.3 Å². The van der Waals surface area contributed by atoms with Crippen LogP contribution in [0.4, 0.5) is 5.82 Å². The Bertz CT molecular complexity index is 1520. The number of carbonyl (C=O) groups excluding carboxylic acids is 4. The number of ether oxygens (including phenoxy) is 1. The molecular weight excluding hydrogens is 456 g/mol. The number of fused-ring (bicyclic) bond motifs is 1.